The van der Waals surface area contributed by atoms with E-state index in [1.165, 1.54) is 0 Å². The zero-order valence-corrected chi connectivity index (χ0v) is 12.3. The molecule has 0 aliphatic carbocycles. The van der Waals surface area contributed by atoms with Crippen LogP contribution in [0.25, 0.3) is 0 Å². The van der Waals surface area contributed by atoms with Crippen LogP contribution in [0.2, 0.25) is 0 Å². The quantitative estimate of drug-likeness (QED) is 0.747. The zero-order valence-electron chi connectivity index (χ0n) is 11.5. The van der Waals surface area contributed by atoms with Gasteiger partial charge < -0.3 is 18.8 Å². The third-order valence-corrected chi connectivity index (χ3v) is 3.82. The van der Waals surface area contributed by atoms with Crippen LogP contribution in [0.4, 0.5) is 0 Å². The lowest BCUT2D eigenvalue weighted by Crippen LogP contribution is -2.07. The standard InChI is InChI=1S/C13H15N3O4S/c1-21(17)13-15-14-8-16(13)5-2-6-18-10-3-4-11-12(7-10)20-9-19-11/h3-4,7-8H,2,5-6,9H2,1H3. The fraction of sp³-hybridized carbons (Fsp3) is 0.385. The predicted octanol–water partition coefficient (Wildman–Crippen LogP) is 1.21. The third kappa shape index (κ3) is 3.15. The molecule has 112 valence electrons. The molecule has 1 unspecified atom stereocenters. The van der Waals surface area contributed by atoms with Gasteiger partial charge in [-0.3, -0.25) is 4.21 Å². The number of rotatable bonds is 6. The smallest absolute Gasteiger partial charge is 0.231 e. The van der Waals surface area contributed by atoms with Crippen LogP contribution in [0.3, 0.4) is 0 Å². The van der Waals surface area contributed by atoms with Gasteiger partial charge in [0.1, 0.15) is 12.1 Å². The molecule has 0 N–H and O–H groups in total. The summed E-state index contributed by atoms with van der Waals surface area (Å²) in [4.78, 5) is 0. The molecular weight excluding hydrogens is 294 g/mol. The van der Waals surface area contributed by atoms with Gasteiger partial charge >= 0.3 is 0 Å². The van der Waals surface area contributed by atoms with Gasteiger partial charge in [-0.2, -0.15) is 0 Å². The van der Waals surface area contributed by atoms with E-state index in [4.69, 9.17) is 14.2 Å². The summed E-state index contributed by atoms with van der Waals surface area (Å²) in [5.74, 6) is 2.18. The van der Waals surface area contributed by atoms with Gasteiger partial charge in [0.25, 0.3) is 0 Å². The predicted molar refractivity (Wildman–Crippen MR) is 75.0 cm³/mol. The zero-order chi connectivity index (χ0) is 14.7. The maximum absolute atomic E-state index is 11.4. The molecule has 0 saturated heterocycles. The van der Waals surface area contributed by atoms with E-state index < -0.39 is 10.8 Å². The Morgan fingerprint density at radius 3 is 3.10 bits per heavy atom. The Morgan fingerprint density at radius 1 is 1.38 bits per heavy atom. The normalized spacial score (nSPS) is 14.1. The van der Waals surface area contributed by atoms with E-state index in [0.29, 0.717) is 24.1 Å². The van der Waals surface area contributed by atoms with E-state index >= 15 is 0 Å². The minimum absolute atomic E-state index is 0.253. The number of hydrogen-bond acceptors (Lipinski definition) is 6. The lowest BCUT2D eigenvalue weighted by molar-refractivity contribution is 0.173. The van der Waals surface area contributed by atoms with Crippen LogP contribution in [0.15, 0.2) is 29.7 Å². The van der Waals surface area contributed by atoms with Crippen molar-refractivity contribution in [2.75, 3.05) is 19.7 Å². The highest BCUT2D eigenvalue weighted by atomic mass is 32.2. The molecule has 0 radical (unpaired) electrons. The fourth-order valence-corrected chi connectivity index (χ4v) is 2.64. The Bertz CT molecular complexity index is 659. The van der Waals surface area contributed by atoms with Crippen LogP contribution >= 0.6 is 0 Å². The van der Waals surface area contributed by atoms with Gasteiger partial charge in [-0.05, 0) is 18.6 Å². The molecular formula is C13H15N3O4S. The number of fused-ring (bicyclic) bond motifs is 1. The van der Waals surface area contributed by atoms with E-state index in [-0.39, 0.29) is 6.79 Å². The first-order valence-electron chi connectivity index (χ1n) is 6.48. The highest BCUT2D eigenvalue weighted by molar-refractivity contribution is 7.84. The van der Waals surface area contributed by atoms with Crippen LogP contribution in [-0.4, -0.2) is 38.6 Å². The molecule has 8 heteroatoms. The Kier molecular flexibility index (Phi) is 4.05. The molecule has 0 saturated carbocycles. The topological polar surface area (TPSA) is 75.5 Å². The van der Waals surface area contributed by atoms with E-state index in [2.05, 4.69) is 10.2 Å². The maximum atomic E-state index is 11.4. The van der Waals surface area contributed by atoms with Crippen molar-refractivity contribution in [3.8, 4) is 17.2 Å². The number of nitrogens with zero attached hydrogens (tertiary/aromatic N) is 3. The average Bonchev–Trinajstić information content (AvgIpc) is 3.11. The first kappa shape index (κ1) is 13.9. The second-order valence-electron chi connectivity index (χ2n) is 4.48. The monoisotopic (exact) mass is 309 g/mol. The van der Waals surface area contributed by atoms with Gasteiger partial charge in [0, 0.05) is 18.9 Å². The lowest BCUT2D eigenvalue weighted by Gasteiger charge is -2.08. The van der Waals surface area contributed by atoms with Gasteiger partial charge in [0.15, 0.2) is 11.5 Å². The molecule has 0 bridgehead atoms. The second kappa shape index (κ2) is 6.13. The summed E-state index contributed by atoms with van der Waals surface area (Å²) in [6, 6.07) is 5.49. The Morgan fingerprint density at radius 2 is 2.24 bits per heavy atom. The lowest BCUT2D eigenvalue weighted by atomic mass is 10.3. The van der Waals surface area contributed by atoms with E-state index in [1.807, 2.05) is 18.2 Å². The third-order valence-electron chi connectivity index (χ3n) is 2.99. The van der Waals surface area contributed by atoms with E-state index in [0.717, 1.165) is 17.9 Å². The molecule has 0 amide bonds. The van der Waals surface area contributed by atoms with Gasteiger partial charge in [-0.15, -0.1) is 10.2 Å². The molecule has 2 aromatic rings. The van der Waals surface area contributed by atoms with Crippen molar-refractivity contribution in [3.05, 3.63) is 24.5 Å². The number of aryl methyl sites for hydroxylation is 1. The minimum Gasteiger partial charge on any atom is -0.493 e. The highest BCUT2D eigenvalue weighted by Gasteiger charge is 2.13. The molecule has 0 fully saturated rings. The van der Waals surface area contributed by atoms with Crippen molar-refractivity contribution >= 4 is 10.8 Å². The first-order valence-corrected chi connectivity index (χ1v) is 8.03. The van der Waals surface area contributed by atoms with Gasteiger partial charge in [0.05, 0.1) is 17.4 Å². The Hall–Kier alpha value is -2.09. The van der Waals surface area contributed by atoms with Gasteiger partial charge in [-0.25, -0.2) is 0 Å². The number of hydrogen-bond donors (Lipinski definition) is 0. The van der Waals surface area contributed by atoms with Gasteiger partial charge in [-0.1, -0.05) is 0 Å². The summed E-state index contributed by atoms with van der Waals surface area (Å²) in [7, 11) is -1.13. The molecule has 0 spiro atoms. The maximum Gasteiger partial charge on any atom is 0.231 e. The molecule has 1 aromatic heterocycles. The summed E-state index contributed by atoms with van der Waals surface area (Å²) < 4.78 is 29.4. The highest BCUT2D eigenvalue weighted by Crippen LogP contribution is 2.35. The second-order valence-corrected chi connectivity index (χ2v) is 5.75. The molecule has 2 heterocycles. The van der Waals surface area contributed by atoms with Crippen molar-refractivity contribution in [1.82, 2.24) is 14.8 Å². The van der Waals surface area contributed by atoms with Crippen LogP contribution in [0, 0.1) is 0 Å². The van der Waals surface area contributed by atoms with Crippen LogP contribution in [0.1, 0.15) is 6.42 Å². The minimum atomic E-state index is -1.13. The van der Waals surface area contributed by atoms with Gasteiger partial charge in [0.2, 0.25) is 11.9 Å². The van der Waals surface area contributed by atoms with Crippen molar-refractivity contribution in [3.63, 3.8) is 0 Å². The van der Waals surface area contributed by atoms with Crippen molar-refractivity contribution in [2.45, 2.75) is 18.1 Å². The van der Waals surface area contributed by atoms with Crippen molar-refractivity contribution < 1.29 is 18.4 Å². The number of ether oxygens (including phenoxy) is 3. The molecule has 21 heavy (non-hydrogen) atoms. The molecule has 3 rings (SSSR count). The Balaban J connectivity index is 1.50. The van der Waals surface area contributed by atoms with Crippen molar-refractivity contribution in [1.29, 1.82) is 0 Å². The van der Waals surface area contributed by atoms with Crippen LogP contribution in [0.5, 0.6) is 17.2 Å². The summed E-state index contributed by atoms with van der Waals surface area (Å²) >= 11 is 0. The fourth-order valence-electron chi connectivity index (χ4n) is 2.01. The largest absolute Gasteiger partial charge is 0.493 e. The summed E-state index contributed by atoms with van der Waals surface area (Å²) in [6.07, 6.45) is 3.93. The molecule has 1 atom stereocenters. The molecule has 1 aromatic carbocycles. The Labute approximate surface area is 124 Å². The molecule has 1 aliphatic heterocycles. The van der Waals surface area contributed by atoms with Crippen LogP contribution < -0.4 is 14.2 Å². The first-order chi connectivity index (χ1) is 10.2. The number of benzene rings is 1. The number of aromatic nitrogens is 3. The molecule has 1 aliphatic rings. The van der Waals surface area contributed by atoms with E-state index in [1.54, 1.807) is 17.2 Å². The average molecular weight is 309 g/mol. The summed E-state index contributed by atoms with van der Waals surface area (Å²) in [6.45, 7) is 1.45. The summed E-state index contributed by atoms with van der Waals surface area (Å²) in [5.41, 5.74) is 0. The summed E-state index contributed by atoms with van der Waals surface area (Å²) in [5, 5.41) is 8.09. The van der Waals surface area contributed by atoms with E-state index in [9.17, 15) is 4.21 Å². The SMILES string of the molecule is CS(=O)c1nncn1CCCOc1ccc2c(c1)OCO2. The van der Waals surface area contributed by atoms with Crippen LogP contribution in [-0.2, 0) is 17.3 Å². The van der Waals surface area contributed by atoms with Crippen molar-refractivity contribution in [2.24, 2.45) is 0 Å². The molecule has 7 nitrogen and oxygen atoms in total.